The van der Waals surface area contributed by atoms with Crippen LogP contribution in [0.3, 0.4) is 0 Å². The highest BCUT2D eigenvalue weighted by molar-refractivity contribution is 7.07. The molecule has 0 fully saturated rings. The van der Waals surface area contributed by atoms with E-state index in [9.17, 15) is 19.7 Å². The van der Waals surface area contributed by atoms with Crippen molar-refractivity contribution in [2.75, 3.05) is 25.6 Å². The molecule has 0 saturated heterocycles. The Bertz CT molecular complexity index is 1880. The van der Waals surface area contributed by atoms with Crippen LogP contribution in [0.2, 0.25) is 0 Å². The number of nitro benzene ring substituents is 1. The Morgan fingerprint density at radius 1 is 1.17 bits per heavy atom. The molecule has 11 heteroatoms. The third-order valence-electron chi connectivity index (χ3n) is 6.84. The number of non-ortho nitro benzene ring substituents is 1. The molecule has 10 nitrogen and oxygen atoms in total. The van der Waals surface area contributed by atoms with Gasteiger partial charge in [0.15, 0.2) is 4.80 Å². The standard InChI is InChI=1S/C30H28N4O6S/c1-6-39-29(36)26-18(3)31-30-33(27(26)19-8-11-20(12-9-19)32(4)5)28(35)25(41-30)16-22-13-14-24(40-22)23-15-21(34(37)38)10-7-17(23)2/h7-16,27H,6H2,1-5H3/b25-16-/t27-/m1/s1. The molecule has 41 heavy (non-hydrogen) atoms. The topological polar surface area (TPSA) is 120 Å². The molecule has 0 aliphatic carbocycles. The van der Waals surface area contributed by atoms with Gasteiger partial charge in [0.25, 0.3) is 11.2 Å². The van der Waals surface area contributed by atoms with Gasteiger partial charge in [-0.25, -0.2) is 9.79 Å². The number of rotatable bonds is 7. The zero-order valence-corrected chi connectivity index (χ0v) is 24.0. The normalized spacial score (nSPS) is 15.0. The van der Waals surface area contributed by atoms with Crippen LogP contribution in [0.1, 0.15) is 36.8 Å². The maximum atomic E-state index is 13.8. The van der Waals surface area contributed by atoms with Gasteiger partial charge in [-0.3, -0.25) is 19.5 Å². The van der Waals surface area contributed by atoms with Crippen LogP contribution < -0.4 is 19.8 Å². The molecule has 4 aromatic rings. The van der Waals surface area contributed by atoms with E-state index in [1.165, 1.54) is 28.0 Å². The maximum Gasteiger partial charge on any atom is 0.338 e. The van der Waals surface area contributed by atoms with Crippen LogP contribution >= 0.6 is 11.3 Å². The van der Waals surface area contributed by atoms with Gasteiger partial charge in [-0.05, 0) is 56.2 Å². The van der Waals surface area contributed by atoms with E-state index in [1.54, 1.807) is 38.1 Å². The number of hydrogen-bond acceptors (Lipinski definition) is 9. The molecule has 1 aliphatic heterocycles. The Balaban J connectivity index is 1.62. The average molecular weight is 573 g/mol. The molecule has 0 bridgehead atoms. The van der Waals surface area contributed by atoms with E-state index in [2.05, 4.69) is 4.99 Å². The average Bonchev–Trinajstić information content (AvgIpc) is 3.52. The summed E-state index contributed by atoms with van der Waals surface area (Å²) >= 11 is 1.19. The van der Waals surface area contributed by atoms with Crippen molar-refractivity contribution in [3.05, 3.63) is 113 Å². The number of carbonyl (C=O) groups excluding carboxylic acids is 1. The van der Waals surface area contributed by atoms with Gasteiger partial charge in [0.2, 0.25) is 0 Å². The predicted octanol–water partition coefficient (Wildman–Crippen LogP) is 4.34. The van der Waals surface area contributed by atoms with E-state index in [-0.39, 0.29) is 17.9 Å². The number of anilines is 1. The number of allylic oxidation sites excluding steroid dienone is 1. The van der Waals surface area contributed by atoms with Gasteiger partial charge in [0.05, 0.1) is 33.4 Å². The van der Waals surface area contributed by atoms with Gasteiger partial charge in [-0.2, -0.15) is 0 Å². The second kappa shape index (κ2) is 11.0. The van der Waals surface area contributed by atoms with Crippen LogP contribution in [-0.4, -0.2) is 36.2 Å². The fourth-order valence-corrected chi connectivity index (χ4v) is 5.78. The zero-order valence-electron chi connectivity index (χ0n) is 23.2. The SMILES string of the molecule is CCOC(=O)C1=C(C)N=c2s/c(=C\c3ccc(-c4cc([N+](=O)[O-])ccc4C)o3)c(=O)n2[C@@H]1c1ccc(N(C)C)cc1. The number of thiazole rings is 1. The second-order valence-corrected chi connectivity index (χ2v) is 10.8. The fourth-order valence-electron chi connectivity index (χ4n) is 4.76. The summed E-state index contributed by atoms with van der Waals surface area (Å²) in [6.45, 7) is 5.51. The highest BCUT2D eigenvalue weighted by atomic mass is 32.1. The smallest absolute Gasteiger partial charge is 0.338 e. The van der Waals surface area contributed by atoms with Crippen molar-refractivity contribution in [3.8, 4) is 11.3 Å². The Morgan fingerprint density at radius 2 is 1.90 bits per heavy atom. The molecule has 0 unspecified atom stereocenters. The van der Waals surface area contributed by atoms with Crippen LogP contribution in [0.5, 0.6) is 0 Å². The lowest BCUT2D eigenvalue weighted by atomic mass is 9.95. The number of carbonyl (C=O) groups is 1. The van der Waals surface area contributed by atoms with Gasteiger partial charge < -0.3 is 14.1 Å². The zero-order chi connectivity index (χ0) is 29.4. The molecule has 1 atom stereocenters. The van der Waals surface area contributed by atoms with E-state index in [0.717, 1.165) is 16.8 Å². The molecular formula is C30H28N4O6S. The number of furan rings is 1. The third kappa shape index (κ3) is 5.23. The van der Waals surface area contributed by atoms with E-state index < -0.39 is 16.9 Å². The minimum Gasteiger partial charge on any atom is -0.463 e. The lowest BCUT2D eigenvalue weighted by molar-refractivity contribution is -0.384. The van der Waals surface area contributed by atoms with E-state index in [4.69, 9.17) is 9.15 Å². The monoisotopic (exact) mass is 572 g/mol. The van der Waals surface area contributed by atoms with Crippen molar-refractivity contribution in [2.45, 2.75) is 26.8 Å². The van der Waals surface area contributed by atoms with Crippen LogP contribution in [0.25, 0.3) is 17.4 Å². The van der Waals surface area contributed by atoms with Crippen molar-refractivity contribution in [1.29, 1.82) is 0 Å². The summed E-state index contributed by atoms with van der Waals surface area (Å²) in [6.07, 6.45) is 1.62. The van der Waals surface area contributed by atoms with Crippen LogP contribution in [0.4, 0.5) is 11.4 Å². The van der Waals surface area contributed by atoms with Crippen molar-refractivity contribution < 1.29 is 18.9 Å². The largest absolute Gasteiger partial charge is 0.463 e. The number of aryl methyl sites for hydroxylation is 1. The van der Waals surface area contributed by atoms with Gasteiger partial charge in [0.1, 0.15) is 11.5 Å². The van der Waals surface area contributed by atoms with Crippen molar-refractivity contribution >= 4 is 34.8 Å². The summed E-state index contributed by atoms with van der Waals surface area (Å²) in [5.41, 5.74) is 3.57. The third-order valence-corrected chi connectivity index (χ3v) is 7.82. The number of hydrogen-bond donors (Lipinski definition) is 0. The van der Waals surface area contributed by atoms with Crippen molar-refractivity contribution in [3.63, 3.8) is 0 Å². The molecule has 3 heterocycles. The van der Waals surface area contributed by atoms with Crippen molar-refractivity contribution in [1.82, 2.24) is 4.57 Å². The van der Waals surface area contributed by atoms with Crippen LogP contribution in [0.15, 0.2) is 80.1 Å². The van der Waals surface area contributed by atoms with E-state index in [0.29, 0.717) is 37.7 Å². The Morgan fingerprint density at radius 3 is 2.56 bits per heavy atom. The summed E-state index contributed by atoms with van der Waals surface area (Å²) in [6, 6.07) is 14.9. The van der Waals surface area contributed by atoms with E-state index >= 15 is 0 Å². The number of esters is 1. The fraction of sp³-hybridized carbons (Fsp3) is 0.233. The van der Waals surface area contributed by atoms with Crippen LogP contribution in [0, 0.1) is 17.0 Å². The summed E-state index contributed by atoms with van der Waals surface area (Å²) in [4.78, 5) is 44.8. The Labute approximate surface area is 239 Å². The van der Waals surface area contributed by atoms with Gasteiger partial charge in [-0.15, -0.1) is 0 Å². The molecule has 2 aromatic heterocycles. The molecule has 5 rings (SSSR count). The number of benzene rings is 2. The second-order valence-electron chi connectivity index (χ2n) is 9.75. The molecular weight excluding hydrogens is 544 g/mol. The van der Waals surface area contributed by atoms with Crippen molar-refractivity contribution in [2.24, 2.45) is 4.99 Å². The molecule has 210 valence electrons. The Hall–Kier alpha value is -4.77. The summed E-state index contributed by atoms with van der Waals surface area (Å²) in [5, 5.41) is 11.3. The van der Waals surface area contributed by atoms with Crippen LogP contribution in [-0.2, 0) is 9.53 Å². The van der Waals surface area contributed by atoms with E-state index in [1.807, 2.05) is 50.2 Å². The number of ether oxygens (including phenoxy) is 1. The number of nitro groups is 1. The number of fused-ring (bicyclic) bond motifs is 1. The summed E-state index contributed by atoms with van der Waals surface area (Å²) in [7, 11) is 3.87. The first-order valence-electron chi connectivity index (χ1n) is 12.9. The molecule has 0 amide bonds. The molecule has 2 aromatic carbocycles. The Kier molecular flexibility index (Phi) is 7.46. The predicted molar refractivity (Wildman–Crippen MR) is 157 cm³/mol. The number of nitrogens with zero attached hydrogens (tertiary/aromatic N) is 4. The minimum atomic E-state index is -0.719. The first kappa shape index (κ1) is 27.8. The molecule has 0 spiro atoms. The first-order chi connectivity index (χ1) is 19.6. The highest BCUT2D eigenvalue weighted by Crippen LogP contribution is 2.32. The molecule has 0 radical (unpaired) electrons. The lowest BCUT2D eigenvalue weighted by Gasteiger charge is -2.25. The summed E-state index contributed by atoms with van der Waals surface area (Å²) in [5.74, 6) is 0.335. The number of aromatic nitrogens is 1. The first-order valence-corrected chi connectivity index (χ1v) is 13.7. The maximum absolute atomic E-state index is 13.8. The summed E-state index contributed by atoms with van der Waals surface area (Å²) < 4.78 is 13.2. The van der Waals surface area contributed by atoms with Gasteiger partial charge in [-0.1, -0.05) is 29.5 Å². The highest BCUT2D eigenvalue weighted by Gasteiger charge is 2.33. The quantitative estimate of drug-likeness (QED) is 0.184. The molecule has 1 aliphatic rings. The van der Waals surface area contributed by atoms with Gasteiger partial charge >= 0.3 is 5.97 Å². The minimum absolute atomic E-state index is 0.0387. The molecule has 0 N–H and O–H groups in total. The van der Waals surface area contributed by atoms with Gasteiger partial charge in [0, 0.05) is 43.6 Å². The lowest BCUT2D eigenvalue weighted by Crippen LogP contribution is -2.39. The molecule has 0 saturated carbocycles.